The van der Waals surface area contributed by atoms with Crippen LogP contribution in [0.4, 0.5) is 11.4 Å². The van der Waals surface area contributed by atoms with Gasteiger partial charge in [-0.3, -0.25) is 5.41 Å². The molecule has 1 saturated carbocycles. The second kappa shape index (κ2) is 15.8. The number of anilines is 2. The van der Waals surface area contributed by atoms with Crippen LogP contribution in [0.1, 0.15) is 50.7 Å². The number of benzene rings is 2. The Labute approximate surface area is 220 Å². The van der Waals surface area contributed by atoms with Crippen molar-refractivity contribution in [2.45, 2.75) is 39.5 Å². The summed E-state index contributed by atoms with van der Waals surface area (Å²) in [5.41, 5.74) is 24.1. The average Bonchev–Trinajstić information content (AvgIpc) is 2.91. The van der Waals surface area contributed by atoms with Crippen LogP contribution >= 0.6 is 0 Å². The second-order valence-electron chi connectivity index (χ2n) is 9.11. The van der Waals surface area contributed by atoms with Crippen molar-refractivity contribution >= 4 is 35.1 Å². The van der Waals surface area contributed by atoms with Crippen LogP contribution < -0.4 is 33.3 Å². The molecule has 10 nitrogen and oxygen atoms in total. The highest BCUT2D eigenvalue weighted by atomic mass is 15.3. The molecule has 0 radical (unpaired) electrons. The second-order valence-corrected chi connectivity index (χ2v) is 9.11. The third-order valence-electron chi connectivity index (χ3n) is 6.31. The Bertz CT molecular complexity index is 1060. The number of guanidine groups is 1. The van der Waals surface area contributed by atoms with Gasteiger partial charge in [-0.15, -0.1) is 5.10 Å². The van der Waals surface area contributed by atoms with E-state index in [1.807, 2.05) is 33.0 Å². The van der Waals surface area contributed by atoms with E-state index in [0.717, 1.165) is 53.4 Å². The highest BCUT2D eigenvalue weighted by Gasteiger charge is 2.21. The minimum atomic E-state index is -0.0398. The summed E-state index contributed by atoms with van der Waals surface area (Å²) >= 11 is 0. The molecule has 1 aliphatic rings. The molecule has 0 aliphatic heterocycles. The molecule has 2 aromatic carbocycles. The molecule has 200 valence electrons. The molecule has 0 bridgehead atoms. The molecule has 0 amide bonds. The predicted octanol–water partition coefficient (Wildman–Crippen LogP) is 3.51. The van der Waals surface area contributed by atoms with Gasteiger partial charge >= 0.3 is 0 Å². The highest BCUT2D eigenvalue weighted by Crippen LogP contribution is 2.29. The van der Waals surface area contributed by atoms with Crippen molar-refractivity contribution in [3.8, 4) is 0 Å². The summed E-state index contributed by atoms with van der Waals surface area (Å²) in [6.45, 7) is 5.92. The molecule has 1 fully saturated rings. The molecule has 0 atom stereocenters. The molecule has 0 saturated heterocycles. The lowest BCUT2D eigenvalue weighted by Crippen LogP contribution is -2.25. The molecule has 0 unspecified atom stereocenters. The van der Waals surface area contributed by atoms with E-state index in [9.17, 15) is 0 Å². The third-order valence-corrected chi connectivity index (χ3v) is 6.31. The minimum absolute atomic E-state index is 0.0398. The number of hydrogen-bond acceptors (Lipinski definition) is 7. The van der Waals surface area contributed by atoms with Crippen LogP contribution in [0.5, 0.6) is 0 Å². The molecule has 10 heteroatoms. The van der Waals surface area contributed by atoms with E-state index < -0.39 is 0 Å². The van der Waals surface area contributed by atoms with Gasteiger partial charge in [0.15, 0.2) is 0 Å². The molecular formula is C27H42N10. The van der Waals surface area contributed by atoms with Crippen LogP contribution in [0.2, 0.25) is 0 Å². The lowest BCUT2D eigenvalue weighted by molar-refractivity contribution is 0.293. The van der Waals surface area contributed by atoms with Gasteiger partial charge in [-0.25, -0.2) is 0 Å². The lowest BCUT2D eigenvalue weighted by atomic mass is 9.82. The van der Waals surface area contributed by atoms with Crippen LogP contribution in [0.25, 0.3) is 0 Å². The first-order chi connectivity index (χ1) is 17.9. The van der Waals surface area contributed by atoms with E-state index in [1.54, 1.807) is 0 Å². The molecular weight excluding hydrogens is 464 g/mol. The Balaban J connectivity index is 0.00000153. The lowest BCUT2D eigenvalue weighted by Gasteiger charge is -2.29. The van der Waals surface area contributed by atoms with Crippen LogP contribution in [-0.4, -0.2) is 43.9 Å². The Morgan fingerprint density at radius 2 is 1.32 bits per heavy atom. The Hall–Kier alpha value is -4.08. The first-order valence-corrected chi connectivity index (χ1v) is 12.6. The molecule has 0 aromatic heterocycles. The van der Waals surface area contributed by atoms with Crippen molar-refractivity contribution in [1.29, 1.82) is 5.41 Å². The number of hydrazone groups is 1. The summed E-state index contributed by atoms with van der Waals surface area (Å²) < 4.78 is 0. The van der Waals surface area contributed by atoms with Gasteiger partial charge in [0.25, 0.3) is 0 Å². The van der Waals surface area contributed by atoms with Crippen molar-refractivity contribution < 1.29 is 0 Å². The summed E-state index contributed by atoms with van der Waals surface area (Å²) in [6.07, 6.45) is 5.75. The van der Waals surface area contributed by atoms with Crippen molar-refractivity contribution in [2.24, 2.45) is 44.3 Å². The van der Waals surface area contributed by atoms with E-state index in [4.69, 9.17) is 16.9 Å². The first-order valence-electron chi connectivity index (χ1n) is 12.6. The fraction of sp³-hybridized carbons (Fsp3) is 0.407. The maximum Gasteiger partial charge on any atom is 0.211 e. The normalized spacial score (nSPS) is 17.6. The highest BCUT2D eigenvalue weighted by molar-refractivity contribution is 6.00. The molecule has 37 heavy (non-hydrogen) atoms. The van der Waals surface area contributed by atoms with Crippen molar-refractivity contribution in [1.82, 2.24) is 5.43 Å². The Kier molecular flexibility index (Phi) is 12.5. The Morgan fingerprint density at radius 3 is 1.76 bits per heavy atom. The van der Waals surface area contributed by atoms with Gasteiger partial charge in [-0.2, -0.15) is 10.2 Å². The van der Waals surface area contributed by atoms with Gasteiger partial charge in [0.1, 0.15) is 0 Å². The van der Waals surface area contributed by atoms with Gasteiger partial charge in [0.2, 0.25) is 5.96 Å². The number of rotatable bonds is 10. The standard InChI is InChI=1S/C26H38N8.CH4N2/c1-18(32-29-3)22-6-4-8-24(14-22)30-16-20-10-12-21(13-11-20)17-31-25-9-5-7-23(15-25)19(2)33-34-26(27)28;2-1-3/h4-9,14-15,20-21,29-31H,10-13,16-17H2,1-3H3,(H4,27,28,34);1H,(H3,2,3)/b32-18+,33-19+;. The molecule has 1 aliphatic carbocycles. The quantitative estimate of drug-likeness (QED) is 0.147. The van der Waals surface area contributed by atoms with Crippen LogP contribution in [-0.2, 0) is 0 Å². The first kappa shape index (κ1) is 29.2. The van der Waals surface area contributed by atoms with Crippen LogP contribution in [0.3, 0.4) is 0 Å². The van der Waals surface area contributed by atoms with E-state index in [1.165, 1.54) is 25.7 Å². The summed E-state index contributed by atoms with van der Waals surface area (Å²) in [4.78, 5) is 0. The van der Waals surface area contributed by atoms with Gasteiger partial charge in [-0.05, 0) is 86.8 Å². The van der Waals surface area contributed by atoms with Crippen molar-refractivity contribution in [2.75, 3.05) is 30.8 Å². The van der Waals surface area contributed by atoms with Crippen molar-refractivity contribution in [3.05, 3.63) is 59.7 Å². The molecule has 0 heterocycles. The third kappa shape index (κ3) is 10.6. The number of nitrogens with zero attached hydrogens (tertiary/aromatic N) is 3. The fourth-order valence-electron chi connectivity index (χ4n) is 4.30. The van der Waals surface area contributed by atoms with Gasteiger partial charge < -0.3 is 33.3 Å². The maximum absolute atomic E-state index is 5.86. The summed E-state index contributed by atoms with van der Waals surface area (Å²) in [6, 6.07) is 16.7. The Morgan fingerprint density at radius 1 is 0.865 bits per heavy atom. The van der Waals surface area contributed by atoms with Gasteiger partial charge in [-0.1, -0.05) is 24.3 Å². The number of nitrogens with two attached hydrogens (primary N) is 3. The van der Waals surface area contributed by atoms with Crippen LogP contribution in [0, 0.1) is 17.2 Å². The van der Waals surface area contributed by atoms with Crippen molar-refractivity contribution in [3.63, 3.8) is 0 Å². The average molecular weight is 507 g/mol. The molecule has 2 aromatic rings. The van der Waals surface area contributed by atoms with E-state index in [2.05, 4.69) is 73.5 Å². The molecule has 3 rings (SSSR count). The van der Waals surface area contributed by atoms with E-state index in [-0.39, 0.29) is 5.96 Å². The van der Waals surface area contributed by atoms with E-state index in [0.29, 0.717) is 11.8 Å². The summed E-state index contributed by atoms with van der Waals surface area (Å²) in [5, 5.41) is 25.2. The zero-order valence-corrected chi connectivity index (χ0v) is 22.2. The monoisotopic (exact) mass is 506 g/mol. The van der Waals surface area contributed by atoms with Gasteiger partial charge in [0.05, 0.1) is 17.8 Å². The smallest absolute Gasteiger partial charge is 0.211 e. The summed E-state index contributed by atoms with van der Waals surface area (Å²) in [5.74, 6) is 1.37. The maximum atomic E-state index is 5.86. The largest absolute Gasteiger partial charge is 0.390 e. The zero-order chi connectivity index (χ0) is 27.0. The number of nitrogens with one attached hydrogen (secondary N) is 4. The number of hydrogen-bond donors (Lipinski definition) is 7. The van der Waals surface area contributed by atoms with E-state index >= 15 is 0 Å². The van der Waals surface area contributed by atoms with Crippen LogP contribution in [0.15, 0.2) is 63.8 Å². The van der Waals surface area contributed by atoms with Gasteiger partial charge in [0, 0.05) is 31.5 Å². The minimum Gasteiger partial charge on any atom is -0.390 e. The fourth-order valence-corrected chi connectivity index (χ4v) is 4.30. The summed E-state index contributed by atoms with van der Waals surface area (Å²) in [7, 11) is 1.82. The molecule has 0 spiro atoms. The SMILES string of the molecule is CN/N=C(\C)c1cccc(NCC2CCC(CNc3cccc(/C(C)=N/N=C(N)N)c3)CC2)c1.N=CN. The molecule has 10 N–H and O–H groups in total. The topological polar surface area (TPSA) is 175 Å². The zero-order valence-electron chi connectivity index (χ0n) is 22.2. The predicted molar refractivity (Wildman–Crippen MR) is 158 cm³/mol.